The minimum atomic E-state index is -3.53. The van der Waals surface area contributed by atoms with E-state index >= 15 is 0 Å². The molecule has 0 amide bonds. The molecule has 0 fully saturated rings. The Morgan fingerprint density at radius 1 is 1.05 bits per heavy atom. The largest absolute Gasteiger partial charge is 0.399 e. The van der Waals surface area contributed by atoms with E-state index < -0.39 is 10.0 Å². The van der Waals surface area contributed by atoms with Gasteiger partial charge < -0.3 is 5.73 Å². The fraction of sp³-hybridized carbons (Fsp3) is 0.250. The third kappa shape index (κ3) is 2.32. The lowest BCUT2D eigenvalue weighted by molar-refractivity contribution is 0.431. The van der Waals surface area contributed by atoms with Gasteiger partial charge in [-0.15, -0.1) is 0 Å². The van der Waals surface area contributed by atoms with Crippen LogP contribution in [0.2, 0.25) is 0 Å². The molecule has 3 rings (SSSR count). The van der Waals surface area contributed by atoms with E-state index in [4.69, 9.17) is 5.73 Å². The molecule has 2 aromatic carbocycles. The maximum absolute atomic E-state index is 12.9. The number of anilines is 1. The molecule has 2 aromatic rings. The van der Waals surface area contributed by atoms with Crippen LogP contribution in [0.4, 0.5) is 5.69 Å². The van der Waals surface area contributed by atoms with Crippen molar-refractivity contribution in [2.75, 3.05) is 5.73 Å². The van der Waals surface area contributed by atoms with Gasteiger partial charge in [-0.05, 0) is 48.2 Å². The quantitative estimate of drug-likeness (QED) is 0.867. The summed E-state index contributed by atoms with van der Waals surface area (Å²) >= 11 is 0. The van der Waals surface area contributed by atoms with Crippen LogP contribution in [0.15, 0.2) is 41.3 Å². The summed E-state index contributed by atoms with van der Waals surface area (Å²) in [6.45, 7) is 4.55. The van der Waals surface area contributed by atoms with Gasteiger partial charge in [-0.2, -0.15) is 4.31 Å². The van der Waals surface area contributed by atoms with Crippen LogP contribution in [0.1, 0.15) is 22.3 Å². The minimum absolute atomic E-state index is 0.313. The fourth-order valence-corrected chi connectivity index (χ4v) is 4.46. The maximum Gasteiger partial charge on any atom is 0.244 e. The number of hydrogen-bond acceptors (Lipinski definition) is 3. The second kappa shape index (κ2) is 4.86. The summed E-state index contributed by atoms with van der Waals surface area (Å²) in [6.07, 6.45) is 0. The van der Waals surface area contributed by atoms with Crippen LogP contribution in [0.5, 0.6) is 0 Å². The molecule has 5 heteroatoms. The third-order valence-corrected chi connectivity index (χ3v) is 5.99. The van der Waals surface area contributed by atoms with Crippen molar-refractivity contribution in [2.24, 2.45) is 0 Å². The summed E-state index contributed by atoms with van der Waals surface area (Å²) in [7, 11) is -3.53. The Morgan fingerprint density at radius 3 is 2.19 bits per heavy atom. The third-order valence-electron chi connectivity index (χ3n) is 4.07. The van der Waals surface area contributed by atoms with Crippen LogP contribution in [0.25, 0.3) is 0 Å². The lowest BCUT2D eigenvalue weighted by Gasteiger charge is -2.18. The molecule has 1 aliphatic heterocycles. The number of sulfonamides is 1. The van der Waals surface area contributed by atoms with Crippen molar-refractivity contribution < 1.29 is 8.42 Å². The molecule has 0 radical (unpaired) electrons. The first kappa shape index (κ1) is 14.1. The van der Waals surface area contributed by atoms with Gasteiger partial charge in [0.2, 0.25) is 10.0 Å². The van der Waals surface area contributed by atoms with Crippen molar-refractivity contribution in [1.82, 2.24) is 4.31 Å². The van der Waals surface area contributed by atoms with E-state index in [0.29, 0.717) is 23.7 Å². The van der Waals surface area contributed by atoms with E-state index in [0.717, 1.165) is 22.3 Å². The molecule has 0 unspecified atom stereocenters. The summed E-state index contributed by atoms with van der Waals surface area (Å²) in [4.78, 5) is 0.313. The minimum Gasteiger partial charge on any atom is -0.399 e. The van der Waals surface area contributed by atoms with E-state index in [-0.39, 0.29) is 0 Å². The Labute approximate surface area is 125 Å². The van der Waals surface area contributed by atoms with Crippen LogP contribution in [0.3, 0.4) is 0 Å². The molecule has 110 valence electrons. The maximum atomic E-state index is 12.9. The van der Waals surface area contributed by atoms with Gasteiger partial charge in [0.15, 0.2) is 0 Å². The van der Waals surface area contributed by atoms with Crippen molar-refractivity contribution in [3.05, 3.63) is 58.7 Å². The van der Waals surface area contributed by atoms with Crippen molar-refractivity contribution in [3.63, 3.8) is 0 Å². The smallest absolute Gasteiger partial charge is 0.244 e. The van der Waals surface area contributed by atoms with Gasteiger partial charge in [-0.25, -0.2) is 8.42 Å². The molecule has 0 aliphatic carbocycles. The number of benzene rings is 2. The highest BCUT2D eigenvalue weighted by Gasteiger charge is 2.31. The molecule has 2 N–H and O–H groups in total. The molecule has 4 nitrogen and oxygen atoms in total. The van der Waals surface area contributed by atoms with Gasteiger partial charge >= 0.3 is 0 Å². The number of aryl methyl sites for hydroxylation is 1. The number of fused-ring (bicyclic) bond motifs is 1. The zero-order valence-electron chi connectivity index (χ0n) is 12.1. The van der Waals surface area contributed by atoms with E-state index in [1.54, 1.807) is 12.1 Å². The van der Waals surface area contributed by atoms with Gasteiger partial charge in [-0.1, -0.05) is 24.3 Å². The van der Waals surface area contributed by atoms with Crippen molar-refractivity contribution in [3.8, 4) is 0 Å². The zero-order valence-corrected chi connectivity index (χ0v) is 12.9. The monoisotopic (exact) mass is 302 g/mol. The number of rotatable bonds is 2. The Balaban J connectivity index is 2.04. The van der Waals surface area contributed by atoms with Crippen LogP contribution in [-0.4, -0.2) is 12.7 Å². The lowest BCUT2D eigenvalue weighted by atomic mass is 10.1. The molecule has 1 heterocycles. The van der Waals surface area contributed by atoms with E-state index in [1.165, 1.54) is 4.31 Å². The van der Waals surface area contributed by atoms with Crippen LogP contribution < -0.4 is 5.73 Å². The summed E-state index contributed by atoms with van der Waals surface area (Å²) in [5, 5.41) is 0. The molecular weight excluding hydrogens is 284 g/mol. The van der Waals surface area contributed by atoms with Crippen molar-refractivity contribution >= 4 is 15.7 Å². The van der Waals surface area contributed by atoms with Gasteiger partial charge in [0.1, 0.15) is 0 Å². The molecule has 0 saturated carbocycles. The molecule has 0 saturated heterocycles. The highest BCUT2D eigenvalue weighted by molar-refractivity contribution is 7.89. The predicted molar refractivity (Wildman–Crippen MR) is 83.2 cm³/mol. The van der Waals surface area contributed by atoms with Gasteiger partial charge in [0, 0.05) is 18.8 Å². The summed E-state index contributed by atoms with van der Waals surface area (Å²) < 4.78 is 27.3. The average Bonchev–Trinajstić information content (AvgIpc) is 2.87. The molecular formula is C16H18N2O2S. The molecule has 1 aliphatic rings. The Bertz CT molecular complexity index is 788. The van der Waals surface area contributed by atoms with E-state index in [9.17, 15) is 8.42 Å². The first-order chi connectivity index (χ1) is 9.89. The Hall–Kier alpha value is -1.85. The molecule has 0 atom stereocenters. The number of hydrogen-bond donors (Lipinski definition) is 1. The summed E-state index contributed by atoms with van der Waals surface area (Å²) in [5.74, 6) is 0. The Morgan fingerprint density at radius 2 is 1.62 bits per heavy atom. The SMILES string of the molecule is Cc1cc(N)cc(S(=O)(=O)N2Cc3ccccc3C2)c1C. The molecule has 21 heavy (non-hydrogen) atoms. The second-order valence-corrected chi connectivity index (χ2v) is 7.41. The first-order valence-corrected chi connectivity index (χ1v) is 8.27. The highest BCUT2D eigenvalue weighted by atomic mass is 32.2. The van der Waals surface area contributed by atoms with Crippen LogP contribution in [-0.2, 0) is 23.1 Å². The number of nitrogen functional groups attached to an aromatic ring is 1. The average molecular weight is 302 g/mol. The van der Waals surface area contributed by atoms with Crippen LogP contribution >= 0.6 is 0 Å². The lowest BCUT2D eigenvalue weighted by Crippen LogP contribution is -2.26. The summed E-state index contributed by atoms with van der Waals surface area (Å²) in [6, 6.07) is 11.2. The topological polar surface area (TPSA) is 63.4 Å². The normalized spacial score (nSPS) is 15.1. The number of nitrogens with zero attached hydrogens (tertiary/aromatic N) is 1. The second-order valence-electron chi connectivity index (χ2n) is 5.50. The fourth-order valence-electron chi connectivity index (χ4n) is 2.73. The highest BCUT2D eigenvalue weighted by Crippen LogP contribution is 2.31. The predicted octanol–water partition coefficient (Wildman–Crippen LogP) is 2.59. The van der Waals surface area contributed by atoms with Gasteiger partial charge in [0.05, 0.1) is 4.90 Å². The van der Waals surface area contributed by atoms with E-state index in [1.807, 2.05) is 38.1 Å². The van der Waals surface area contributed by atoms with Crippen molar-refractivity contribution in [2.45, 2.75) is 31.8 Å². The van der Waals surface area contributed by atoms with Gasteiger partial charge in [-0.3, -0.25) is 0 Å². The van der Waals surface area contributed by atoms with Crippen LogP contribution in [0, 0.1) is 13.8 Å². The molecule has 0 bridgehead atoms. The van der Waals surface area contributed by atoms with Crippen molar-refractivity contribution in [1.29, 1.82) is 0 Å². The summed E-state index contributed by atoms with van der Waals surface area (Å²) in [5.41, 5.74) is 10.1. The standard InChI is InChI=1S/C16H18N2O2S/c1-11-7-15(17)8-16(12(11)2)21(19,20)18-9-13-5-3-4-6-14(13)10-18/h3-8H,9-10,17H2,1-2H3. The first-order valence-electron chi connectivity index (χ1n) is 6.83. The molecule has 0 aromatic heterocycles. The van der Waals surface area contributed by atoms with Gasteiger partial charge in [0.25, 0.3) is 0 Å². The zero-order chi connectivity index (χ0) is 15.2. The van der Waals surface area contributed by atoms with E-state index in [2.05, 4.69) is 0 Å². The number of nitrogens with two attached hydrogens (primary N) is 1. The molecule has 0 spiro atoms. The Kier molecular flexibility index (Phi) is 3.26.